The Hall–Kier alpha value is -5.30. The van der Waals surface area contributed by atoms with Gasteiger partial charge in [-0.25, -0.2) is 14.4 Å². The smallest absolute Gasteiger partial charge is 0.335 e. The SMILES string of the molecule is C#CCCC(=O)NCCCOCC(COCCC(=O)ON1C(=O)CCC1=O)(COCCC(=O)ON1C(=O)CCC1=O)COCCC(=O)ON1C(=O)CCC1=O. The minimum absolute atomic E-state index is 0.0816. The minimum Gasteiger partial charge on any atom is -0.381 e. The second kappa shape index (κ2) is 22.8. The normalized spacial score (nSPS) is 15.9. The van der Waals surface area contributed by atoms with Gasteiger partial charge in [-0.05, 0) is 6.42 Å². The van der Waals surface area contributed by atoms with E-state index in [1.54, 1.807) is 0 Å². The highest BCUT2D eigenvalue weighted by atomic mass is 16.7. The topological polar surface area (TPSA) is 257 Å². The fourth-order valence-electron chi connectivity index (χ4n) is 4.96. The van der Waals surface area contributed by atoms with Crippen LogP contribution in [0.3, 0.4) is 0 Å². The highest BCUT2D eigenvalue weighted by molar-refractivity contribution is 6.02. The van der Waals surface area contributed by atoms with E-state index in [4.69, 9.17) is 39.9 Å². The van der Waals surface area contributed by atoms with Gasteiger partial charge in [0.25, 0.3) is 35.4 Å². The molecule has 0 spiro atoms. The molecule has 3 fully saturated rings. The average molecular weight is 781 g/mol. The van der Waals surface area contributed by atoms with Gasteiger partial charge in [-0.1, -0.05) is 0 Å². The van der Waals surface area contributed by atoms with Gasteiger partial charge >= 0.3 is 17.9 Å². The molecule has 21 nitrogen and oxygen atoms in total. The van der Waals surface area contributed by atoms with Crippen LogP contribution in [0.1, 0.15) is 77.0 Å². The first-order valence-corrected chi connectivity index (χ1v) is 17.5. The van der Waals surface area contributed by atoms with Gasteiger partial charge in [0.2, 0.25) is 5.91 Å². The van der Waals surface area contributed by atoms with Gasteiger partial charge in [0, 0.05) is 64.5 Å². The molecule has 3 aliphatic rings. The first-order valence-electron chi connectivity index (χ1n) is 17.5. The van der Waals surface area contributed by atoms with Crippen molar-refractivity contribution in [2.75, 3.05) is 59.4 Å². The number of amides is 7. The molecule has 0 aromatic rings. The summed E-state index contributed by atoms with van der Waals surface area (Å²) >= 11 is 0. The summed E-state index contributed by atoms with van der Waals surface area (Å²) in [5.74, 6) is -4.49. The molecule has 21 heteroatoms. The van der Waals surface area contributed by atoms with E-state index in [1.807, 2.05) is 0 Å². The Balaban J connectivity index is 1.61. The van der Waals surface area contributed by atoms with Crippen LogP contribution in [-0.4, -0.2) is 134 Å². The van der Waals surface area contributed by atoms with E-state index in [0.29, 0.717) is 21.6 Å². The number of hydrogen-bond acceptors (Lipinski definition) is 17. The van der Waals surface area contributed by atoms with Gasteiger partial charge in [-0.2, -0.15) is 0 Å². The average Bonchev–Trinajstić information content (AvgIpc) is 3.77. The fourth-order valence-corrected chi connectivity index (χ4v) is 4.96. The molecule has 7 amide bonds. The molecule has 3 rings (SSSR count). The number of hydroxylamine groups is 6. The van der Waals surface area contributed by atoms with E-state index in [1.165, 1.54) is 0 Å². The molecule has 3 heterocycles. The molecule has 302 valence electrons. The number of carbonyl (C=O) groups is 10. The summed E-state index contributed by atoms with van der Waals surface area (Å²) in [7, 11) is 0. The first-order chi connectivity index (χ1) is 26.3. The maximum atomic E-state index is 12.3. The van der Waals surface area contributed by atoms with Crippen LogP contribution in [0.4, 0.5) is 0 Å². The van der Waals surface area contributed by atoms with Crippen LogP contribution in [0.5, 0.6) is 0 Å². The molecular formula is C34H44N4O17. The molecule has 0 aromatic heterocycles. The van der Waals surface area contributed by atoms with Crippen LogP contribution in [0.15, 0.2) is 0 Å². The second-order valence-corrected chi connectivity index (χ2v) is 12.5. The van der Waals surface area contributed by atoms with Gasteiger partial charge in [-0.15, -0.1) is 27.5 Å². The highest BCUT2D eigenvalue weighted by Crippen LogP contribution is 2.22. The lowest BCUT2D eigenvalue weighted by Crippen LogP contribution is -2.42. The van der Waals surface area contributed by atoms with Gasteiger partial charge < -0.3 is 38.8 Å². The zero-order valence-corrected chi connectivity index (χ0v) is 30.2. The Bertz CT molecular complexity index is 1320. The molecule has 55 heavy (non-hydrogen) atoms. The molecule has 0 atom stereocenters. The summed E-state index contributed by atoms with van der Waals surface area (Å²) in [5, 5.41) is 3.92. The number of hydrogen-bond donors (Lipinski definition) is 1. The van der Waals surface area contributed by atoms with Crippen molar-refractivity contribution in [1.82, 2.24) is 20.5 Å². The maximum Gasteiger partial charge on any atom is 0.335 e. The molecule has 3 saturated heterocycles. The van der Waals surface area contributed by atoms with Crippen LogP contribution in [-0.2, 0) is 81.4 Å². The van der Waals surface area contributed by atoms with Crippen molar-refractivity contribution in [3.63, 3.8) is 0 Å². The van der Waals surface area contributed by atoms with E-state index in [-0.39, 0.29) is 136 Å². The van der Waals surface area contributed by atoms with Gasteiger partial charge in [-0.3, -0.25) is 33.6 Å². The fraction of sp³-hybridized carbons (Fsp3) is 0.647. The van der Waals surface area contributed by atoms with E-state index in [9.17, 15) is 47.9 Å². The van der Waals surface area contributed by atoms with Crippen molar-refractivity contribution in [1.29, 1.82) is 0 Å². The predicted octanol–water partition coefficient (Wildman–Crippen LogP) is -1.05. The quantitative estimate of drug-likeness (QED) is 0.0624. The van der Waals surface area contributed by atoms with Crippen molar-refractivity contribution in [2.45, 2.75) is 77.0 Å². The monoisotopic (exact) mass is 780 g/mol. The summed E-state index contributed by atoms with van der Waals surface area (Å²) in [5.41, 5.74) is -1.20. The van der Waals surface area contributed by atoms with Crippen LogP contribution in [0, 0.1) is 17.8 Å². The molecule has 0 radical (unpaired) electrons. The molecular weight excluding hydrogens is 736 g/mol. The largest absolute Gasteiger partial charge is 0.381 e. The minimum atomic E-state index is -1.20. The van der Waals surface area contributed by atoms with E-state index in [2.05, 4.69) is 11.2 Å². The number of ether oxygens (including phenoxy) is 4. The molecule has 0 aliphatic carbocycles. The standard InChI is InChI=1S/C34H44N4O17/c1-2-3-5-24(39)35-15-4-16-49-20-34(21-50-17-12-31(46)53-36-25(40)6-7-26(36)41,22-51-18-13-32(47)54-37-27(42)8-9-28(37)43)23-52-19-14-33(48)55-38-29(44)10-11-30(38)45/h1H,3-23H2,(H,35,39). The zero-order valence-electron chi connectivity index (χ0n) is 30.2. The molecule has 1 N–H and O–H groups in total. The molecule has 0 bridgehead atoms. The molecule has 0 aromatic carbocycles. The van der Waals surface area contributed by atoms with Crippen molar-refractivity contribution in [2.24, 2.45) is 5.41 Å². The maximum absolute atomic E-state index is 12.3. The van der Waals surface area contributed by atoms with E-state index >= 15 is 0 Å². The Kier molecular flexibility index (Phi) is 18.3. The van der Waals surface area contributed by atoms with Gasteiger partial charge in [0.1, 0.15) is 0 Å². The van der Waals surface area contributed by atoms with Crippen molar-refractivity contribution < 1.29 is 81.4 Å². The van der Waals surface area contributed by atoms with Crippen LogP contribution >= 0.6 is 0 Å². The third-order valence-electron chi connectivity index (χ3n) is 7.87. The lowest BCUT2D eigenvalue weighted by atomic mass is 9.92. The Morgan fingerprint density at radius 2 is 0.873 bits per heavy atom. The third kappa shape index (κ3) is 15.2. The van der Waals surface area contributed by atoms with E-state index in [0.717, 1.165) is 0 Å². The Labute approximate surface area is 315 Å². The number of terminal acetylenes is 1. The molecule has 0 saturated carbocycles. The van der Waals surface area contributed by atoms with Gasteiger partial charge in [0.15, 0.2) is 0 Å². The van der Waals surface area contributed by atoms with Crippen molar-refractivity contribution in [3.8, 4) is 12.3 Å². The highest BCUT2D eigenvalue weighted by Gasteiger charge is 2.36. The summed E-state index contributed by atoms with van der Waals surface area (Å²) in [6.07, 6.45) is 4.44. The van der Waals surface area contributed by atoms with Crippen LogP contribution in [0.25, 0.3) is 0 Å². The number of nitrogens with one attached hydrogen (secondary N) is 1. The number of nitrogens with zero attached hydrogens (tertiary/aromatic N) is 3. The molecule has 0 unspecified atom stereocenters. The van der Waals surface area contributed by atoms with E-state index < -0.39 is 58.8 Å². The lowest BCUT2D eigenvalue weighted by Gasteiger charge is -2.33. The van der Waals surface area contributed by atoms with Crippen LogP contribution < -0.4 is 5.32 Å². The summed E-state index contributed by atoms with van der Waals surface area (Å²) < 4.78 is 23.2. The number of rotatable bonds is 26. The Morgan fingerprint density at radius 3 is 1.20 bits per heavy atom. The van der Waals surface area contributed by atoms with Crippen molar-refractivity contribution >= 4 is 59.3 Å². The third-order valence-corrected chi connectivity index (χ3v) is 7.87. The number of imide groups is 3. The number of carbonyl (C=O) groups excluding carboxylic acids is 10. The first kappa shape index (κ1) is 44.1. The summed E-state index contributed by atoms with van der Waals surface area (Å²) in [6.45, 7) is -1.12. The predicted molar refractivity (Wildman–Crippen MR) is 177 cm³/mol. The second-order valence-electron chi connectivity index (χ2n) is 12.5. The van der Waals surface area contributed by atoms with Gasteiger partial charge in [0.05, 0.1) is 70.9 Å². The molecule has 3 aliphatic heterocycles. The summed E-state index contributed by atoms with van der Waals surface area (Å²) in [4.78, 5) is 134. The zero-order chi connectivity index (χ0) is 40.2. The lowest BCUT2D eigenvalue weighted by molar-refractivity contribution is -0.199. The summed E-state index contributed by atoms with van der Waals surface area (Å²) in [6, 6.07) is 0. The van der Waals surface area contributed by atoms with Crippen molar-refractivity contribution in [3.05, 3.63) is 0 Å². The van der Waals surface area contributed by atoms with Crippen LogP contribution in [0.2, 0.25) is 0 Å². The Morgan fingerprint density at radius 1 is 0.545 bits per heavy atom.